The van der Waals surface area contributed by atoms with Gasteiger partial charge in [0.05, 0.1) is 15.5 Å². The highest BCUT2D eigenvalue weighted by Crippen LogP contribution is 2.21. The lowest BCUT2D eigenvalue weighted by atomic mass is 10.3. The van der Waals surface area contributed by atoms with Gasteiger partial charge in [-0.05, 0) is 31.2 Å². The fourth-order valence-electron chi connectivity index (χ4n) is 2.30. The summed E-state index contributed by atoms with van der Waals surface area (Å²) < 4.78 is 50.1. The molecule has 1 aliphatic rings. The molecule has 1 N–H and O–H groups in total. The molecule has 0 amide bonds. The summed E-state index contributed by atoms with van der Waals surface area (Å²) in [5.74, 6) is -0.00603. The van der Waals surface area contributed by atoms with Crippen LogP contribution in [0.5, 0.6) is 0 Å². The third-order valence-electron chi connectivity index (χ3n) is 3.61. The van der Waals surface area contributed by atoms with Crippen molar-refractivity contribution in [1.29, 1.82) is 0 Å². The van der Waals surface area contributed by atoms with Crippen molar-refractivity contribution in [3.05, 3.63) is 24.3 Å². The van der Waals surface area contributed by atoms with E-state index in [1.807, 2.05) is 6.92 Å². The summed E-state index contributed by atoms with van der Waals surface area (Å²) in [6.07, 6.45) is 0. The Kier molecular flexibility index (Phi) is 6.40. The summed E-state index contributed by atoms with van der Waals surface area (Å²) in [7, 11) is -6.90. The minimum atomic E-state index is -3.58. The number of nitrogens with one attached hydrogen (secondary N) is 1. The van der Waals surface area contributed by atoms with Gasteiger partial charge >= 0.3 is 0 Å². The van der Waals surface area contributed by atoms with Crippen LogP contribution in [-0.4, -0.2) is 52.6 Å². The lowest BCUT2D eigenvalue weighted by molar-refractivity contribution is 0.284. The first-order chi connectivity index (χ1) is 9.79. The molecule has 6 nitrogen and oxygen atoms in total. The third-order valence-corrected chi connectivity index (χ3v) is 7.39. The molecule has 22 heavy (non-hydrogen) atoms. The van der Waals surface area contributed by atoms with Crippen LogP contribution in [0.4, 0.5) is 0 Å². The van der Waals surface area contributed by atoms with Gasteiger partial charge in [0.2, 0.25) is 10.0 Å². The molecule has 0 spiro atoms. The monoisotopic (exact) mass is 368 g/mol. The Balaban J connectivity index is 0.00000242. The van der Waals surface area contributed by atoms with Crippen LogP contribution in [-0.2, 0) is 19.9 Å². The molecule has 1 fully saturated rings. The normalized spacial score (nSPS) is 20.4. The number of sulfonamides is 1. The fourth-order valence-corrected chi connectivity index (χ4v) is 4.82. The van der Waals surface area contributed by atoms with E-state index in [0.29, 0.717) is 19.6 Å². The standard InChI is InChI=1S/C13H20N2O4S2.ClH/c1-3-20(16,17)12-4-6-13(7-5-12)21(18,19)15-9-8-14-10-11(15)2;/h4-7,11,14H,3,8-10H2,1-2H3;1H. The Bertz CT molecular complexity index is 702. The van der Waals surface area contributed by atoms with Gasteiger partial charge in [0.25, 0.3) is 0 Å². The minimum absolute atomic E-state index is 0. The van der Waals surface area contributed by atoms with Gasteiger partial charge in [0.1, 0.15) is 0 Å². The summed E-state index contributed by atoms with van der Waals surface area (Å²) in [6, 6.07) is 5.33. The second kappa shape index (κ2) is 7.27. The summed E-state index contributed by atoms with van der Waals surface area (Å²) in [6.45, 7) is 5.05. The molecule has 1 saturated heterocycles. The Morgan fingerprint density at radius 3 is 2.18 bits per heavy atom. The molecule has 126 valence electrons. The van der Waals surface area contributed by atoms with Gasteiger partial charge in [0, 0.05) is 25.7 Å². The molecule has 9 heteroatoms. The molecule has 0 bridgehead atoms. The van der Waals surface area contributed by atoms with E-state index in [0.717, 1.165) is 0 Å². The van der Waals surface area contributed by atoms with E-state index in [-0.39, 0.29) is 34.0 Å². The highest BCUT2D eigenvalue weighted by Gasteiger charge is 2.30. The molecule has 2 rings (SSSR count). The zero-order valence-corrected chi connectivity index (χ0v) is 15.0. The highest BCUT2D eigenvalue weighted by molar-refractivity contribution is 7.91. The second-order valence-electron chi connectivity index (χ2n) is 5.04. The smallest absolute Gasteiger partial charge is 0.243 e. The predicted octanol–water partition coefficient (Wildman–Crippen LogP) is 0.884. The van der Waals surface area contributed by atoms with Gasteiger partial charge in [-0.3, -0.25) is 0 Å². The molecule has 0 aliphatic carbocycles. The molecule has 1 aromatic carbocycles. The maximum absolute atomic E-state index is 12.6. The van der Waals surface area contributed by atoms with E-state index in [4.69, 9.17) is 0 Å². The highest BCUT2D eigenvalue weighted by atomic mass is 35.5. The Morgan fingerprint density at radius 2 is 1.68 bits per heavy atom. The predicted molar refractivity (Wildman–Crippen MR) is 87.6 cm³/mol. The van der Waals surface area contributed by atoms with Crippen molar-refractivity contribution < 1.29 is 16.8 Å². The summed E-state index contributed by atoms with van der Waals surface area (Å²) in [5.41, 5.74) is 0. The molecule has 1 unspecified atom stereocenters. The molecule has 0 radical (unpaired) electrons. The third kappa shape index (κ3) is 3.80. The van der Waals surface area contributed by atoms with E-state index in [9.17, 15) is 16.8 Å². The van der Waals surface area contributed by atoms with Crippen LogP contribution >= 0.6 is 12.4 Å². The molecule has 0 aromatic heterocycles. The average molecular weight is 369 g/mol. The maximum atomic E-state index is 12.6. The number of rotatable bonds is 4. The van der Waals surface area contributed by atoms with Gasteiger partial charge in [0.15, 0.2) is 9.84 Å². The number of piperazine rings is 1. The summed E-state index contributed by atoms with van der Waals surface area (Å²) in [5, 5.41) is 3.14. The quantitative estimate of drug-likeness (QED) is 0.853. The van der Waals surface area contributed by atoms with Crippen molar-refractivity contribution in [2.45, 2.75) is 29.7 Å². The lowest BCUT2D eigenvalue weighted by Gasteiger charge is -2.32. The van der Waals surface area contributed by atoms with Crippen molar-refractivity contribution in [2.75, 3.05) is 25.4 Å². The minimum Gasteiger partial charge on any atom is -0.314 e. The van der Waals surface area contributed by atoms with Crippen molar-refractivity contribution in [2.24, 2.45) is 0 Å². The first-order valence-electron chi connectivity index (χ1n) is 6.84. The first-order valence-corrected chi connectivity index (χ1v) is 9.93. The van der Waals surface area contributed by atoms with Crippen molar-refractivity contribution in [1.82, 2.24) is 9.62 Å². The van der Waals surface area contributed by atoms with Crippen LogP contribution in [0, 0.1) is 0 Å². The Morgan fingerprint density at radius 1 is 1.14 bits per heavy atom. The maximum Gasteiger partial charge on any atom is 0.243 e. The molecule has 1 heterocycles. The average Bonchev–Trinajstić information content (AvgIpc) is 2.47. The number of hydrogen-bond acceptors (Lipinski definition) is 5. The topological polar surface area (TPSA) is 83.5 Å². The summed E-state index contributed by atoms with van der Waals surface area (Å²) in [4.78, 5) is 0.281. The van der Waals surface area contributed by atoms with Gasteiger partial charge in [-0.15, -0.1) is 12.4 Å². The Labute approximate surface area is 138 Å². The first kappa shape index (κ1) is 19.4. The van der Waals surface area contributed by atoms with Crippen molar-refractivity contribution >= 4 is 32.3 Å². The zero-order valence-electron chi connectivity index (χ0n) is 12.5. The number of sulfone groups is 1. The molecule has 1 aromatic rings. The number of benzene rings is 1. The van der Waals surface area contributed by atoms with Gasteiger partial charge in [-0.2, -0.15) is 4.31 Å². The van der Waals surface area contributed by atoms with E-state index in [1.165, 1.54) is 28.6 Å². The van der Waals surface area contributed by atoms with Crippen LogP contribution < -0.4 is 5.32 Å². The van der Waals surface area contributed by atoms with Gasteiger partial charge in [-0.1, -0.05) is 6.92 Å². The van der Waals surface area contributed by atoms with E-state index in [1.54, 1.807) is 6.92 Å². The van der Waals surface area contributed by atoms with Crippen LogP contribution in [0.3, 0.4) is 0 Å². The molecular formula is C13H21ClN2O4S2. The van der Waals surface area contributed by atoms with Crippen molar-refractivity contribution in [3.8, 4) is 0 Å². The van der Waals surface area contributed by atoms with E-state index in [2.05, 4.69) is 5.32 Å². The largest absolute Gasteiger partial charge is 0.314 e. The number of nitrogens with zero attached hydrogens (tertiary/aromatic N) is 1. The van der Waals surface area contributed by atoms with Crippen LogP contribution in [0.1, 0.15) is 13.8 Å². The zero-order chi connectivity index (χ0) is 15.7. The number of halogens is 1. The van der Waals surface area contributed by atoms with Crippen LogP contribution in [0.25, 0.3) is 0 Å². The molecule has 1 aliphatic heterocycles. The van der Waals surface area contributed by atoms with E-state index >= 15 is 0 Å². The lowest BCUT2D eigenvalue weighted by Crippen LogP contribution is -2.52. The fraction of sp³-hybridized carbons (Fsp3) is 0.538. The van der Waals surface area contributed by atoms with Crippen LogP contribution in [0.15, 0.2) is 34.1 Å². The number of hydrogen-bond donors (Lipinski definition) is 1. The second-order valence-corrected chi connectivity index (χ2v) is 9.21. The molecule has 0 saturated carbocycles. The molecule has 1 atom stereocenters. The SMILES string of the molecule is CCS(=O)(=O)c1ccc(S(=O)(=O)N2CCNCC2C)cc1.Cl. The molecular weight excluding hydrogens is 348 g/mol. The van der Waals surface area contributed by atoms with Crippen molar-refractivity contribution in [3.63, 3.8) is 0 Å². The van der Waals surface area contributed by atoms with Gasteiger partial charge in [-0.25, -0.2) is 16.8 Å². The Hall–Kier alpha value is -0.670. The van der Waals surface area contributed by atoms with Gasteiger partial charge < -0.3 is 5.32 Å². The summed E-state index contributed by atoms with van der Waals surface area (Å²) >= 11 is 0. The van der Waals surface area contributed by atoms with E-state index < -0.39 is 19.9 Å². The van der Waals surface area contributed by atoms with Crippen LogP contribution in [0.2, 0.25) is 0 Å².